The van der Waals surface area contributed by atoms with Crippen molar-refractivity contribution in [2.24, 2.45) is 0 Å². The van der Waals surface area contributed by atoms with Crippen LogP contribution in [0.5, 0.6) is 5.75 Å². The molecule has 1 N–H and O–H groups in total. The van der Waals surface area contributed by atoms with Gasteiger partial charge in [-0.05, 0) is 42.0 Å². The van der Waals surface area contributed by atoms with Gasteiger partial charge < -0.3 is 10.1 Å². The van der Waals surface area contributed by atoms with Gasteiger partial charge in [0.05, 0.1) is 15.7 Å². The number of halogens is 2. The van der Waals surface area contributed by atoms with E-state index in [2.05, 4.69) is 5.32 Å². The summed E-state index contributed by atoms with van der Waals surface area (Å²) in [6, 6.07) is 20.8. The number of urea groups is 1. The van der Waals surface area contributed by atoms with Crippen molar-refractivity contribution < 1.29 is 14.3 Å². The Balaban J connectivity index is 1.56. The molecule has 3 amide bonds. The molecule has 30 heavy (non-hydrogen) atoms. The van der Waals surface area contributed by atoms with Gasteiger partial charge in [-0.15, -0.1) is 0 Å². The molecule has 0 bridgehead atoms. The van der Waals surface area contributed by atoms with Crippen molar-refractivity contribution in [1.29, 1.82) is 0 Å². The molecular formula is C23H16Cl2N2O3. The van der Waals surface area contributed by atoms with Gasteiger partial charge in [0, 0.05) is 5.56 Å². The third-order valence-electron chi connectivity index (χ3n) is 4.49. The molecule has 1 aliphatic heterocycles. The van der Waals surface area contributed by atoms with Crippen molar-refractivity contribution in [3.63, 3.8) is 0 Å². The smallest absolute Gasteiger partial charge is 0.333 e. The number of hydrogen-bond donors (Lipinski definition) is 1. The fourth-order valence-corrected chi connectivity index (χ4v) is 3.34. The molecule has 0 radical (unpaired) electrons. The van der Waals surface area contributed by atoms with Gasteiger partial charge in [-0.2, -0.15) is 0 Å². The number of para-hydroxylation sites is 2. The molecule has 0 saturated carbocycles. The van der Waals surface area contributed by atoms with Crippen molar-refractivity contribution >= 4 is 46.9 Å². The summed E-state index contributed by atoms with van der Waals surface area (Å²) >= 11 is 12.0. The quantitative estimate of drug-likeness (QED) is 0.412. The van der Waals surface area contributed by atoms with E-state index < -0.39 is 11.9 Å². The second kappa shape index (κ2) is 8.61. The minimum absolute atomic E-state index is 0.175. The van der Waals surface area contributed by atoms with Gasteiger partial charge in [0.25, 0.3) is 5.91 Å². The van der Waals surface area contributed by atoms with E-state index in [-0.39, 0.29) is 12.3 Å². The highest BCUT2D eigenvalue weighted by Crippen LogP contribution is 2.27. The molecule has 150 valence electrons. The Morgan fingerprint density at radius 3 is 2.40 bits per heavy atom. The summed E-state index contributed by atoms with van der Waals surface area (Å²) in [6.45, 7) is 0.271. The molecule has 5 nitrogen and oxygen atoms in total. The van der Waals surface area contributed by atoms with Gasteiger partial charge in [-0.25, -0.2) is 9.69 Å². The first-order valence-corrected chi connectivity index (χ1v) is 9.86. The Morgan fingerprint density at radius 1 is 0.900 bits per heavy atom. The summed E-state index contributed by atoms with van der Waals surface area (Å²) in [6.07, 6.45) is 1.60. The lowest BCUT2D eigenvalue weighted by Crippen LogP contribution is -2.30. The SMILES string of the molecule is O=C1N/C(=C/c2ccccc2OCc2ccc(Cl)c(Cl)c2)C(=O)N1c1ccccc1. The Labute approximate surface area is 183 Å². The molecule has 1 heterocycles. The number of benzene rings is 3. The first-order chi connectivity index (χ1) is 14.5. The zero-order valence-corrected chi connectivity index (χ0v) is 17.2. The van der Waals surface area contributed by atoms with E-state index in [0.717, 1.165) is 10.5 Å². The Kier molecular flexibility index (Phi) is 5.74. The summed E-state index contributed by atoms with van der Waals surface area (Å²) in [7, 11) is 0. The van der Waals surface area contributed by atoms with Crippen LogP contribution in [0.1, 0.15) is 11.1 Å². The van der Waals surface area contributed by atoms with Crippen LogP contribution in [0, 0.1) is 0 Å². The number of carbonyl (C=O) groups is 2. The number of rotatable bonds is 5. The van der Waals surface area contributed by atoms with E-state index >= 15 is 0 Å². The molecule has 0 unspecified atom stereocenters. The maximum atomic E-state index is 12.8. The molecule has 4 rings (SSSR count). The lowest BCUT2D eigenvalue weighted by molar-refractivity contribution is -0.113. The Morgan fingerprint density at radius 2 is 1.63 bits per heavy atom. The van der Waals surface area contributed by atoms with Crippen LogP contribution in [0.15, 0.2) is 78.5 Å². The minimum Gasteiger partial charge on any atom is -0.488 e. The van der Waals surface area contributed by atoms with Gasteiger partial charge in [0.2, 0.25) is 0 Å². The second-order valence-corrected chi connectivity index (χ2v) is 7.35. The Bertz CT molecular complexity index is 1150. The van der Waals surface area contributed by atoms with Crippen LogP contribution < -0.4 is 15.0 Å². The predicted molar refractivity (Wildman–Crippen MR) is 118 cm³/mol. The number of carbonyl (C=O) groups excluding carboxylic acids is 2. The largest absolute Gasteiger partial charge is 0.488 e. The van der Waals surface area contributed by atoms with Crippen molar-refractivity contribution in [3.8, 4) is 5.75 Å². The average Bonchev–Trinajstić information content (AvgIpc) is 3.03. The summed E-state index contributed by atoms with van der Waals surface area (Å²) in [5.74, 6) is 0.141. The maximum absolute atomic E-state index is 12.8. The van der Waals surface area contributed by atoms with Crippen molar-refractivity contribution in [2.75, 3.05) is 4.90 Å². The second-order valence-electron chi connectivity index (χ2n) is 6.54. The molecule has 0 spiro atoms. The van der Waals surface area contributed by atoms with Crippen LogP contribution in [0.3, 0.4) is 0 Å². The summed E-state index contributed by atoms with van der Waals surface area (Å²) in [5.41, 5.74) is 2.20. The minimum atomic E-state index is -0.494. The molecule has 1 saturated heterocycles. The number of nitrogens with zero attached hydrogens (tertiary/aromatic N) is 1. The van der Waals surface area contributed by atoms with Gasteiger partial charge >= 0.3 is 6.03 Å². The maximum Gasteiger partial charge on any atom is 0.333 e. The number of imide groups is 1. The van der Waals surface area contributed by atoms with E-state index in [4.69, 9.17) is 27.9 Å². The van der Waals surface area contributed by atoms with Crippen LogP contribution in [-0.4, -0.2) is 11.9 Å². The third-order valence-corrected chi connectivity index (χ3v) is 5.23. The monoisotopic (exact) mass is 438 g/mol. The van der Waals surface area contributed by atoms with E-state index in [1.165, 1.54) is 0 Å². The normalized spacial score (nSPS) is 14.9. The number of nitrogens with one attached hydrogen (secondary N) is 1. The first kappa shape index (κ1) is 20.0. The van der Waals surface area contributed by atoms with E-state index in [1.54, 1.807) is 48.5 Å². The molecule has 1 fully saturated rings. The zero-order valence-electron chi connectivity index (χ0n) is 15.6. The summed E-state index contributed by atoms with van der Waals surface area (Å²) in [5, 5.41) is 3.55. The molecule has 0 atom stereocenters. The number of ether oxygens (including phenoxy) is 1. The van der Waals surface area contributed by atoms with Crippen molar-refractivity contribution in [2.45, 2.75) is 6.61 Å². The van der Waals surface area contributed by atoms with E-state index in [9.17, 15) is 9.59 Å². The predicted octanol–water partition coefficient (Wildman–Crippen LogP) is 5.67. The highest BCUT2D eigenvalue weighted by molar-refractivity contribution is 6.42. The fraction of sp³-hybridized carbons (Fsp3) is 0.0435. The first-order valence-electron chi connectivity index (χ1n) is 9.11. The summed E-state index contributed by atoms with van der Waals surface area (Å²) in [4.78, 5) is 26.2. The van der Waals surface area contributed by atoms with Gasteiger partial charge in [0.15, 0.2) is 0 Å². The van der Waals surface area contributed by atoms with Gasteiger partial charge in [0.1, 0.15) is 18.1 Å². The Hall–Kier alpha value is -3.28. The third kappa shape index (κ3) is 4.17. The molecule has 3 aromatic carbocycles. The van der Waals surface area contributed by atoms with Crippen LogP contribution in [-0.2, 0) is 11.4 Å². The van der Waals surface area contributed by atoms with Crippen LogP contribution in [0.25, 0.3) is 6.08 Å². The fourth-order valence-electron chi connectivity index (χ4n) is 3.02. The summed E-state index contributed by atoms with van der Waals surface area (Å²) < 4.78 is 5.92. The lowest BCUT2D eigenvalue weighted by atomic mass is 10.1. The molecule has 0 aliphatic carbocycles. The van der Waals surface area contributed by atoms with E-state index in [1.807, 2.05) is 30.3 Å². The number of anilines is 1. The zero-order chi connectivity index (χ0) is 21.1. The highest BCUT2D eigenvalue weighted by atomic mass is 35.5. The highest BCUT2D eigenvalue weighted by Gasteiger charge is 2.34. The van der Waals surface area contributed by atoms with Crippen LogP contribution in [0.2, 0.25) is 10.0 Å². The molecule has 1 aliphatic rings. The topological polar surface area (TPSA) is 58.6 Å². The molecule has 3 aromatic rings. The average molecular weight is 439 g/mol. The van der Waals surface area contributed by atoms with Gasteiger partial charge in [-0.1, -0.05) is 65.7 Å². The van der Waals surface area contributed by atoms with Crippen LogP contribution in [0.4, 0.5) is 10.5 Å². The number of amides is 3. The molecular weight excluding hydrogens is 423 g/mol. The van der Waals surface area contributed by atoms with Crippen LogP contribution >= 0.6 is 23.2 Å². The lowest BCUT2D eigenvalue weighted by Gasteiger charge is -2.11. The number of hydrogen-bond acceptors (Lipinski definition) is 3. The van der Waals surface area contributed by atoms with Crippen molar-refractivity contribution in [3.05, 3.63) is 99.7 Å². The van der Waals surface area contributed by atoms with E-state index in [0.29, 0.717) is 27.0 Å². The standard InChI is InChI=1S/C23H16Cl2N2O3/c24-18-11-10-15(12-19(18)25)14-30-21-9-5-4-6-16(21)13-20-22(28)27(23(29)26-20)17-7-2-1-3-8-17/h1-13H,14H2,(H,26,29)/b20-13+. The molecule has 0 aromatic heterocycles. The van der Waals surface area contributed by atoms with Gasteiger partial charge in [-0.3, -0.25) is 4.79 Å². The molecule has 7 heteroatoms. The van der Waals surface area contributed by atoms with Crippen molar-refractivity contribution in [1.82, 2.24) is 5.32 Å².